The lowest BCUT2D eigenvalue weighted by atomic mass is 9.72. The molecule has 2 aliphatic carbocycles. The molecule has 5 aromatic rings. The maximum Gasteiger partial charge on any atom is 0.273 e. The molecule has 1 saturated carbocycles. The van der Waals surface area contributed by atoms with Gasteiger partial charge in [0.25, 0.3) is 21.6 Å². The summed E-state index contributed by atoms with van der Waals surface area (Å²) < 4.78 is 36.3. The molecule has 0 radical (unpaired) electrons. The number of carbonyl (C=O) groups is 1. The number of hydrogen-bond acceptors (Lipinski definition) is 10. The number of aryl methyl sites for hydroxylation is 1. The van der Waals surface area contributed by atoms with E-state index in [0.717, 1.165) is 119 Å². The molecule has 13 nitrogen and oxygen atoms in total. The first-order valence-corrected chi connectivity index (χ1v) is 27.6. The van der Waals surface area contributed by atoms with E-state index < -0.39 is 27.7 Å². The first kappa shape index (κ1) is 46.1. The summed E-state index contributed by atoms with van der Waals surface area (Å²) in [5.74, 6) is -0.418. The highest BCUT2D eigenvalue weighted by atomic mass is 35.5. The van der Waals surface area contributed by atoms with E-state index in [9.17, 15) is 23.3 Å². The number of hydrogen-bond donors (Lipinski definition) is 2. The number of H-pyrrole nitrogens is 1. The van der Waals surface area contributed by atoms with E-state index in [2.05, 4.69) is 68.3 Å². The fraction of sp³-hybridized carbons (Fsp3) is 0.420. The van der Waals surface area contributed by atoms with Crippen LogP contribution in [0.1, 0.15) is 73.9 Å². The van der Waals surface area contributed by atoms with Crippen LogP contribution in [0, 0.1) is 15.5 Å². The second-order valence-corrected chi connectivity index (χ2v) is 26.1. The van der Waals surface area contributed by atoms with Crippen LogP contribution in [0.2, 0.25) is 5.02 Å². The van der Waals surface area contributed by atoms with Gasteiger partial charge in [-0.1, -0.05) is 49.2 Å². The van der Waals surface area contributed by atoms with Gasteiger partial charge in [-0.05, 0) is 123 Å². The predicted octanol–water partition coefficient (Wildman–Crippen LogP) is 9.68. The monoisotopic (exact) mass is 951 g/mol. The van der Waals surface area contributed by atoms with E-state index >= 15 is 0 Å². The second-order valence-electron chi connectivity index (χ2n) is 19.8. The lowest BCUT2D eigenvalue weighted by Gasteiger charge is -2.39. The summed E-state index contributed by atoms with van der Waals surface area (Å²) in [4.78, 5) is 40.3. The average molecular weight is 953 g/mol. The molecule has 348 valence electrons. The van der Waals surface area contributed by atoms with Crippen LogP contribution in [0.15, 0.2) is 95.7 Å². The summed E-state index contributed by atoms with van der Waals surface area (Å²) in [6, 6.07) is 20.9. The van der Waals surface area contributed by atoms with Gasteiger partial charge in [0, 0.05) is 91.3 Å². The molecule has 2 aliphatic heterocycles. The van der Waals surface area contributed by atoms with Crippen LogP contribution < -0.4 is 14.4 Å². The number of aromatic nitrogens is 2. The largest absolute Gasteiger partial charge is 0.455 e. The molecule has 2 aromatic heterocycles. The number of piperazine rings is 1. The molecule has 4 aliphatic rings. The third kappa shape index (κ3) is 10.3. The van der Waals surface area contributed by atoms with Gasteiger partial charge in [0.1, 0.15) is 17.1 Å². The number of sulfonamides is 1. The number of ether oxygens (including phenoxy) is 1. The summed E-state index contributed by atoms with van der Waals surface area (Å²) >= 11 is 6.26. The van der Waals surface area contributed by atoms with Crippen molar-refractivity contribution >= 4 is 68.7 Å². The number of halogens is 1. The molecule has 9 rings (SSSR count). The third-order valence-corrected chi connectivity index (χ3v) is 18.5. The smallest absolute Gasteiger partial charge is 0.273 e. The Hall–Kier alpha value is -4.98. The molecule has 0 atom stereocenters. The molecule has 0 spiro atoms. The number of nitro benzene ring substituents is 1. The summed E-state index contributed by atoms with van der Waals surface area (Å²) in [7, 11) is -4.54. The van der Waals surface area contributed by atoms with Crippen molar-refractivity contribution in [1.29, 1.82) is 0 Å². The fourth-order valence-electron chi connectivity index (χ4n) is 9.97. The van der Waals surface area contributed by atoms with Gasteiger partial charge in [-0.3, -0.25) is 24.7 Å². The van der Waals surface area contributed by atoms with Gasteiger partial charge in [0.05, 0.1) is 21.6 Å². The zero-order valence-corrected chi connectivity index (χ0v) is 40.5. The standard InChI is InChI=1S/C50H59ClN7O6PS/c1-49(2)16-13-38(44(32-49)35-5-8-39(51)9-6-35)34-55-21-23-56(24-22-55)40-10-12-43(46(30-40)64-41-29-37-15-20-52-47(37)53-33-41)48(59)54-66(62,63)42-11-7-36(45(31-42)58(60)61)14-17-50(18-19-50)57-25-27-65(3,4)28-26-57/h5-12,15,20,29-31,33H,3,13-14,16-19,21-28,32,34H2,1-2,4H3,(H,52,53)(H,54,59). The van der Waals surface area contributed by atoms with Crippen molar-refractivity contribution in [3.05, 3.63) is 123 Å². The number of pyridine rings is 1. The number of nitrogens with zero attached hydrogens (tertiary/aromatic N) is 5. The van der Waals surface area contributed by atoms with Crippen molar-refractivity contribution in [3.63, 3.8) is 0 Å². The highest BCUT2D eigenvalue weighted by Crippen LogP contribution is 2.51. The highest BCUT2D eigenvalue weighted by molar-refractivity contribution is 7.90. The number of carbonyl (C=O) groups excluding carboxylic acids is 1. The Bertz CT molecular complexity index is 2860. The Kier molecular flexibility index (Phi) is 12.8. The van der Waals surface area contributed by atoms with Crippen molar-refractivity contribution in [2.45, 2.75) is 69.2 Å². The first-order chi connectivity index (χ1) is 31.4. The molecule has 0 bridgehead atoms. The van der Waals surface area contributed by atoms with Crippen molar-refractivity contribution < 1.29 is 22.9 Å². The molecule has 3 aromatic carbocycles. The quantitative estimate of drug-likeness (QED) is 0.0625. The number of allylic oxidation sites excluding steroid dienone is 1. The minimum atomic E-state index is -4.54. The molecule has 0 unspecified atom stereocenters. The maximum atomic E-state index is 14.1. The van der Waals surface area contributed by atoms with Crippen LogP contribution in [0.25, 0.3) is 16.6 Å². The zero-order chi connectivity index (χ0) is 46.4. The van der Waals surface area contributed by atoms with Crippen molar-refractivity contribution in [3.8, 4) is 11.5 Å². The summed E-state index contributed by atoms with van der Waals surface area (Å²) in [6.07, 6.45) is 16.5. The summed E-state index contributed by atoms with van der Waals surface area (Å²) in [6.45, 7) is 11.9. The SMILES string of the molecule is C=P1(C)CCN(C2(CCc3ccc(S(=O)(=O)NC(=O)c4ccc(N5CCN(CC6=C(c7ccc(Cl)cc7)CC(C)(C)CC6)CC5)cc4Oc4cnc5[nH]ccc5c4)cc3[N+](=O)[O-])CC2)CC1. The summed E-state index contributed by atoms with van der Waals surface area (Å²) in [5.41, 5.74) is 6.06. The first-order valence-electron chi connectivity index (χ1n) is 22.9. The predicted molar refractivity (Wildman–Crippen MR) is 267 cm³/mol. The number of nitrogens with one attached hydrogen (secondary N) is 2. The Morgan fingerprint density at radius 2 is 1.73 bits per heavy atom. The van der Waals surface area contributed by atoms with Crippen molar-refractivity contribution in [1.82, 2.24) is 24.5 Å². The Labute approximate surface area is 392 Å². The minimum absolute atomic E-state index is 0.0168. The van der Waals surface area contributed by atoms with E-state index in [-0.39, 0.29) is 32.8 Å². The van der Waals surface area contributed by atoms with Crippen LogP contribution in [0.3, 0.4) is 0 Å². The summed E-state index contributed by atoms with van der Waals surface area (Å²) in [5, 5.41) is 13.9. The topological polar surface area (TPSA) is 154 Å². The number of rotatable bonds is 14. The van der Waals surface area contributed by atoms with Gasteiger partial charge in [-0.15, -0.1) is 13.2 Å². The van der Waals surface area contributed by atoms with E-state index in [1.54, 1.807) is 36.7 Å². The highest BCUT2D eigenvalue weighted by Gasteiger charge is 2.48. The number of benzene rings is 3. The van der Waals surface area contributed by atoms with Gasteiger partial charge in [0.2, 0.25) is 0 Å². The van der Waals surface area contributed by atoms with Crippen molar-refractivity contribution in [2.24, 2.45) is 5.41 Å². The lowest BCUT2D eigenvalue weighted by molar-refractivity contribution is -0.385. The number of anilines is 1. The Balaban J connectivity index is 0.915. The maximum absolute atomic E-state index is 14.1. The second kappa shape index (κ2) is 18.3. The molecule has 4 heterocycles. The van der Waals surface area contributed by atoms with Crippen LogP contribution >= 0.6 is 18.5 Å². The van der Waals surface area contributed by atoms with Gasteiger partial charge in [-0.2, -0.15) is 0 Å². The van der Waals surface area contributed by atoms with E-state index in [0.29, 0.717) is 23.4 Å². The molecule has 2 saturated heterocycles. The van der Waals surface area contributed by atoms with E-state index in [1.807, 2.05) is 18.2 Å². The Morgan fingerprint density at radius 3 is 2.44 bits per heavy atom. The molecular formula is C50H59ClN7O6PS. The van der Waals surface area contributed by atoms with Crippen LogP contribution in [-0.4, -0.2) is 116 Å². The van der Waals surface area contributed by atoms with Gasteiger partial charge < -0.3 is 14.6 Å². The minimum Gasteiger partial charge on any atom is -0.455 e. The molecule has 16 heteroatoms. The zero-order valence-electron chi connectivity index (χ0n) is 38.0. The lowest BCUT2D eigenvalue weighted by Crippen LogP contribution is -2.47. The molecule has 1 amide bonds. The van der Waals surface area contributed by atoms with E-state index in [4.69, 9.17) is 16.3 Å². The van der Waals surface area contributed by atoms with Crippen LogP contribution in [0.5, 0.6) is 11.5 Å². The van der Waals surface area contributed by atoms with Gasteiger partial charge in [-0.25, -0.2) is 18.1 Å². The third-order valence-electron chi connectivity index (χ3n) is 14.3. The van der Waals surface area contributed by atoms with Gasteiger partial charge in [0.15, 0.2) is 0 Å². The van der Waals surface area contributed by atoms with Crippen LogP contribution in [-0.2, 0) is 16.4 Å². The Morgan fingerprint density at radius 1 is 0.985 bits per heavy atom. The van der Waals surface area contributed by atoms with Gasteiger partial charge >= 0.3 is 0 Å². The van der Waals surface area contributed by atoms with Crippen molar-refractivity contribution in [2.75, 3.05) is 69.7 Å². The average Bonchev–Trinajstić information content (AvgIpc) is 3.93. The molecule has 66 heavy (non-hydrogen) atoms. The molecule has 3 fully saturated rings. The normalized spacial score (nSPS) is 19.7. The molecular weight excluding hydrogens is 893 g/mol. The fourth-order valence-corrected chi connectivity index (χ4v) is 12.8. The number of fused-ring (bicyclic) bond motifs is 1. The number of amides is 1. The van der Waals surface area contributed by atoms with Crippen LogP contribution in [0.4, 0.5) is 11.4 Å². The number of nitro groups is 1. The molecule has 2 N–H and O–H groups in total. The van der Waals surface area contributed by atoms with E-state index in [1.165, 1.54) is 28.8 Å². The number of aromatic amines is 1.